The number of aromatic nitrogens is 2. The molecule has 20 heavy (non-hydrogen) atoms. The minimum Gasteiger partial charge on any atom is -0.281 e. The molecule has 100 valence electrons. The van der Waals surface area contributed by atoms with Crippen molar-refractivity contribution in [3.05, 3.63) is 66.0 Å². The monoisotopic (exact) mass is 298 g/mol. The van der Waals surface area contributed by atoms with Crippen LogP contribution >= 0.6 is 24.0 Å². The first-order chi connectivity index (χ1) is 9.75. The second kappa shape index (κ2) is 5.77. The summed E-state index contributed by atoms with van der Waals surface area (Å²) < 4.78 is 2.90. The molecule has 0 bridgehead atoms. The van der Waals surface area contributed by atoms with Gasteiger partial charge < -0.3 is 0 Å². The van der Waals surface area contributed by atoms with Crippen LogP contribution in [0, 0.1) is 6.92 Å². The second-order valence-corrected chi connectivity index (χ2v) is 6.13. The topological polar surface area (TPSA) is 17.8 Å². The van der Waals surface area contributed by atoms with E-state index in [1.807, 2.05) is 31.2 Å². The third kappa shape index (κ3) is 2.62. The predicted molar refractivity (Wildman–Crippen MR) is 90.2 cm³/mol. The Hall–Kier alpha value is -1.65. The van der Waals surface area contributed by atoms with Gasteiger partial charge in [0.25, 0.3) is 0 Å². The van der Waals surface area contributed by atoms with Crippen LogP contribution in [0.15, 0.2) is 54.6 Å². The summed E-state index contributed by atoms with van der Waals surface area (Å²) in [6.07, 6.45) is 0. The zero-order valence-electron chi connectivity index (χ0n) is 11.1. The van der Waals surface area contributed by atoms with Crippen molar-refractivity contribution in [2.75, 3.05) is 0 Å². The molecule has 0 spiro atoms. The zero-order chi connectivity index (χ0) is 13.9. The first-order valence-corrected chi connectivity index (χ1v) is 7.80. The number of aryl methyl sites for hydroxylation is 1. The molecule has 0 radical (unpaired) electrons. The summed E-state index contributed by atoms with van der Waals surface area (Å²) in [5.74, 6) is 1.82. The Kier molecular flexibility index (Phi) is 3.85. The van der Waals surface area contributed by atoms with Gasteiger partial charge in [0.2, 0.25) is 0 Å². The normalized spacial score (nSPS) is 10.8. The fourth-order valence-corrected chi connectivity index (χ4v) is 3.41. The summed E-state index contributed by atoms with van der Waals surface area (Å²) >= 11 is 7.24. The molecule has 3 aromatic rings. The second-order valence-electron chi connectivity index (χ2n) is 4.52. The highest BCUT2D eigenvalue weighted by atomic mass is 32.2. The first-order valence-electron chi connectivity index (χ1n) is 6.41. The van der Waals surface area contributed by atoms with Gasteiger partial charge in [-0.1, -0.05) is 66.4 Å². The summed E-state index contributed by atoms with van der Waals surface area (Å²) in [5, 5.41) is 0. The molecule has 0 saturated carbocycles. The third-order valence-electron chi connectivity index (χ3n) is 3.12. The van der Waals surface area contributed by atoms with Crippen LogP contribution in [0.2, 0.25) is 0 Å². The molecule has 0 N–H and O–H groups in total. The smallest absolute Gasteiger partial charge is 0.146 e. The van der Waals surface area contributed by atoms with E-state index in [-0.39, 0.29) is 0 Å². The van der Waals surface area contributed by atoms with Crippen LogP contribution in [0.3, 0.4) is 0 Å². The van der Waals surface area contributed by atoms with Gasteiger partial charge in [0.1, 0.15) is 10.1 Å². The Morgan fingerprint density at radius 1 is 1.10 bits per heavy atom. The van der Waals surface area contributed by atoms with Crippen molar-refractivity contribution in [1.29, 1.82) is 0 Å². The lowest BCUT2D eigenvalue weighted by Crippen LogP contribution is -2.07. The van der Waals surface area contributed by atoms with Gasteiger partial charge in [-0.15, -0.1) is 0 Å². The average Bonchev–Trinajstić information content (AvgIpc) is 2.82. The number of hydrogen-bond donors (Lipinski definition) is 0. The molecule has 1 heterocycles. The number of rotatable bonds is 2. The molecule has 0 saturated heterocycles. The molecule has 0 aliphatic carbocycles. The molecule has 0 fully saturated rings. The Bertz CT molecular complexity index is 748. The Balaban J connectivity index is 1.84. The fourth-order valence-electron chi connectivity index (χ4n) is 2.16. The van der Waals surface area contributed by atoms with E-state index in [0.717, 1.165) is 26.9 Å². The number of fused-ring (bicyclic) bond motifs is 1. The largest absolute Gasteiger partial charge is 0.281 e. The minimum absolute atomic E-state index is 0.847. The highest BCUT2D eigenvalue weighted by Gasteiger charge is 2.11. The van der Waals surface area contributed by atoms with Crippen molar-refractivity contribution in [1.82, 2.24) is 9.55 Å². The minimum atomic E-state index is 0.847. The molecule has 0 aliphatic heterocycles. The van der Waals surface area contributed by atoms with E-state index in [9.17, 15) is 0 Å². The zero-order valence-corrected chi connectivity index (χ0v) is 12.7. The van der Waals surface area contributed by atoms with Gasteiger partial charge in [-0.05, 0) is 24.6 Å². The lowest BCUT2D eigenvalue weighted by Gasteiger charge is -2.08. The van der Waals surface area contributed by atoms with Crippen LogP contribution in [-0.2, 0) is 5.75 Å². The van der Waals surface area contributed by atoms with Gasteiger partial charge in [0.15, 0.2) is 0 Å². The number of thioether (sulfide) groups is 1. The van der Waals surface area contributed by atoms with Crippen LogP contribution in [0.1, 0.15) is 11.4 Å². The Labute approximate surface area is 127 Å². The summed E-state index contributed by atoms with van der Waals surface area (Å²) in [5.41, 5.74) is 3.35. The van der Waals surface area contributed by atoms with Crippen molar-refractivity contribution in [3.63, 3.8) is 0 Å². The molecule has 3 rings (SSSR count). The van der Waals surface area contributed by atoms with Crippen molar-refractivity contribution in [2.45, 2.75) is 12.7 Å². The van der Waals surface area contributed by atoms with E-state index in [1.165, 1.54) is 5.56 Å². The number of benzene rings is 2. The molecule has 2 nitrogen and oxygen atoms in total. The standard InChI is InChI=1S/C16H14N2S2/c1-12-17-14-9-5-6-10-15(14)18(12)16(19)20-11-13-7-3-2-4-8-13/h2-10H,11H2,1H3. The molecule has 1 aromatic heterocycles. The number of nitrogens with zero attached hydrogens (tertiary/aromatic N) is 2. The van der Waals surface area contributed by atoms with Crippen LogP contribution in [0.25, 0.3) is 11.0 Å². The van der Waals surface area contributed by atoms with Crippen LogP contribution in [-0.4, -0.2) is 13.9 Å². The van der Waals surface area contributed by atoms with Gasteiger partial charge in [-0.2, -0.15) is 0 Å². The third-order valence-corrected chi connectivity index (χ3v) is 4.56. The highest BCUT2D eigenvalue weighted by Crippen LogP contribution is 2.21. The predicted octanol–water partition coefficient (Wildman–Crippen LogP) is 4.41. The number of para-hydroxylation sites is 2. The van der Waals surface area contributed by atoms with Crippen LogP contribution in [0.5, 0.6) is 0 Å². The maximum Gasteiger partial charge on any atom is 0.146 e. The number of hydrogen-bond acceptors (Lipinski definition) is 3. The quantitative estimate of drug-likeness (QED) is 0.653. The summed E-state index contributed by atoms with van der Waals surface area (Å²) in [7, 11) is 0. The maximum atomic E-state index is 5.57. The Morgan fingerprint density at radius 3 is 2.60 bits per heavy atom. The highest BCUT2D eigenvalue weighted by molar-refractivity contribution is 8.22. The van der Waals surface area contributed by atoms with E-state index >= 15 is 0 Å². The molecule has 4 heteroatoms. The molecular weight excluding hydrogens is 284 g/mol. The van der Waals surface area contributed by atoms with Crippen molar-refractivity contribution < 1.29 is 0 Å². The summed E-state index contributed by atoms with van der Waals surface area (Å²) in [6, 6.07) is 18.5. The van der Waals surface area contributed by atoms with E-state index in [0.29, 0.717) is 0 Å². The molecule has 0 aliphatic rings. The van der Waals surface area contributed by atoms with Gasteiger partial charge >= 0.3 is 0 Å². The lowest BCUT2D eigenvalue weighted by atomic mass is 10.2. The molecule has 2 aromatic carbocycles. The molecular formula is C16H14N2S2. The van der Waals surface area contributed by atoms with Crippen LogP contribution < -0.4 is 0 Å². The van der Waals surface area contributed by atoms with E-state index in [4.69, 9.17) is 12.2 Å². The summed E-state index contributed by atoms with van der Waals surface area (Å²) in [4.78, 5) is 4.55. The van der Waals surface area contributed by atoms with Gasteiger partial charge in [0, 0.05) is 5.75 Å². The fraction of sp³-hybridized carbons (Fsp3) is 0.125. The van der Waals surface area contributed by atoms with Gasteiger partial charge in [-0.3, -0.25) is 4.57 Å². The average molecular weight is 298 g/mol. The number of imidazole rings is 1. The van der Waals surface area contributed by atoms with Crippen molar-refractivity contribution >= 4 is 39.3 Å². The van der Waals surface area contributed by atoms with E-state index < -0.39 is 0 Å². The van der Waals surface area contributed by atoms with Crippen molar-refractivity contribution in [3.8, 4) is 0 Å². The maximum absolute atomic E-state index is 5.57. The SMILES string of the molecule is Cc1nc2ccccc2n1C(=S)SCc1ccccc1. The number of thiocarbonyl (C=S) groups is 1. The first kappa shape index (κ1) is 13.3. The Morgan fingerprint density at radius 2 is 1.80 bits per heavy atom. The molecule has 0 unspecified atom stereocenters. The van der Waals surface area contributed by atoms with Crippen LogP contribution in [0.4, 0.5) is 0 Å². The molecule has 0 amide bonds. The van der Waals surface area contributed by atoms with Crippen molar-refractivity contribution in [2.24, 2.45) is 0 Å². The van der Waals surface area contributed by atoms with E-state index in [2.05, 4.69) is 39.9 Å². The van der Waals surface area contributed by atoms with E-state index in [1.54, 1.807) is 11.8 Å². The van der Waals surface area contributed by atoms with Gasteiger partial charge in [0.05, 0.1) is 11.0 Å². The molecule has 0 atom stereocenters. The summed E-state index contributed by atoms with van der Waals surface area (Å²) in [6.45, 7) is 2.00. The lowest BCUT2D eigenvalue weighted by molar-refractivity contribution is 1.08. The van der Waals surface area contributed by atoms with Gasteiger partial charge in [-0.25, -0.2) is 4.98 Å².